The zero-order chi connectivity index (χ0) is 12.7. The molecule has 1 amide bonds. The third-order valence-electron chi connectivity index (χ3n) is 2.33. The zero-order valence-electron chi connectivity index (χ0n) is 10.3. The number of benzene rings is 1. The first-order chi connectivity index (χ1) is 8.13. The highest BCUT2D eigenvalue weighted by molar-refractivity contribution is 8.00. The smallest absolute Gasteiger partial charge is 0.233 e. The number of amides is 1. The molecule has 0 heterocycles. The quantitative estimate of drug-likeness (QED) is 0.605. The lowest BCUT2D eigenvalue weighted by Crippen LogP contribution is -2.31. The van der Waals surface area contributed by atoms with Gasteiger partial charge >= 0.3 is 0 Å². The van der Waals surface area contributed by atoms with E-state index in [-0.39, 0.29) is 16.9 Å². The highest BCUT2D eigenvalue weighted by Crippen LogP contribution is 2.26. The molecule has 0 aliphatic carbocycles. The summed E-state index contributed by atoms with van der Waals surface area (Å²) in [5.41, 5.74) is 0. The molecule has 17 heavy (non-hydrogen) atoms. The van der Waals surface area contributed by atoms with Crippen LogP contribution in [0.3, 0.4) is 0 Å². The van der Waals surface area contributed by atoms with Gasteiger partial charge in [-0.05, 0) is 31.5 Å². The minimum atomic E-state index is -0.145. The standard InChI is InChI=1S/C13H19NO2S/c1-3-4-8-14-13(16)10(2)17-12-7-5-6-11(15)9-12/h5-7,9-10,15H,3-4,8H2,1-2H3,(H,14,16). The molecule has 1 aromatic rings. The summed E-state index contributed by atoms with van der Waals surface area (Å²) in [5.74, 6) is 0.278. The van der Waals surface area contributed by atoms with Gasteiger partial charge in [0, 0.05) is 11.4 Å². The SMILES string of the molecule is CCCCNC(=O)C(C)Sc1cccc(O)c1. The van der Waals surface area contributed by atoms with Crippen molar-refractivity contribution in [3.63, 3.8) is 0 Å². The first-order valence-electron chi connectivity index (χ1n) is 5.87. The molecular weight excluding hydrogens is 234 g/mol. The van der Waals surface area contributed by atoms with E-state index in [2.05, 4.69) is 12.2 Å². The molecule has 0 saturated heterocycles. The molecule has 0 aromatic heterocycles. The minimum Gasteiger partial charge on any atom is -0.508 e. The zero-order valence-corrected chi connectivity index (χ0v) is 11.1. The predicted octanol–water partition coefficient (Wildman–Crippen LogP) is 2.79. The van der Waals surface area contributed by atoms with E-state index < -0.39 is 0 Å². The number of aromatic hydroxyl groups is 1. The van der Waals surface area contributed by atoms with Gasteiger partial charge < -0.3 is 10.4 Å². The topological polar surface area (TPSA) is 49.3 Å². The van der Waals surface area contributed by atoms with Crippen LogP contribution in [0.15, 0.2) is 29.2 Å². The van der Waals surface area contributed by atoms with E-state index in [1.54, 1.807) is 18.2 Å². The third kappa shape index (κ3) is 5.13. The fourth-order valence-electron chi connectivity index (χ4n) is 1.35. The van der Waals surface area contributed by atoms with Crippen molar-refractivity contribution >= 4 is 17.7 Å². The summed E-state index contributed by atoms with van der Waals surface area (Å²) in [5, 5.41) is 12.1. The maximum Gasteiger partial charge on any atom is 0.233 e. The molecule has 0 radical (unpaired) electrons. The molecule has 0 fully saturated rings. The molecule has 0 bridgehead atoms. The van der Waals surface area contributed by atoms with Gasteiger partial charge in [-0.15, -0.1) is 11.8 Å². The third-order valence-corrected chi connectivity index (χ3v) is 3.42. The Morgan fingerprint density at radius 1 is 1.53 bits per heavy atom. The van der Waals surface area contributed by atoms with Gasteiger partial charge in [-0.25, -0.2) is 0 Å². The first kappa shape index (κ1) is 13.9. The molecule has 0 saturated carbocycles. The molecular formula is C13H19NO2S. The summed E-state index contributed by atoms with van der Waals surface area (Å²) in [6.45, 7) is 4.70. The second kappa shape index (κ2) is 7.22. The Bertz CT molecular complexity index is 368. The van der Waals surface area contributed by atoms with Gasteiger partial charge in [0.2, 0.25) is 5.91 Å². The lowest BCUT2D eigenvalue weighted by Gasteiger charge is -2.11. The largest absolute Gasteiger partial charge is 0.508 e. The number of phenols is 1. The van der Waals surface area contributed by atoms with Crippen molar-refractivity contribution in [3.05, 3.63) is 24.3 Å². The van der Waals surface area contributed by atoms with Crippen LogP contribution in [0.4, 0.5) is 0 Å². The molecule has 0 spiro atoms. The number of carbonyl (C=O) groups excluding carboxylic acids is 1. The second-order valence-electron chi connectivity index (χ2n) is 3.90. The Kier molecular flexibility index (Phi) is 5.91. The highest BCUT2D eigenvalue weighted by atomic mass is 32.2. The highest BCUT2D eigenvalue weighted by Gasteiger charge is 2.13. The summed E-state index contributed by atoms with van der Waals surface area (Å²) < 4.78 is 0. The lowest BCUT2D eigenvalue weighted by atomic mass is 10.3. The fraction of sp³-hybridized carbons (Fsp3) is 0.462. The molecule has 1 aromatic carbocycles. The molecule has 0 aliphatic heterocycles. The summed E-state index contributed by atoms with van der Waals surface area (Å²) in [4.78, 5) is 12.6. The van der Waals surface area contributed by atoms with E-state index in [9.17, 15) is 9.90 Å². The van der Waals surface area contributed by atoms with E-state index >= 15 is 0 Å². The number of nitrogens with one attached hydrogen (secondary N) is 1. The molecule has 94 valence electrons. The van der Waals surface area contributed by atoms with E-state index in [1.807, 2.05) is 13.0 Å². The van der Waals surface area contributed by atoms with Crippen LogP contribution >= 0.6 is 11.8 Å². The van der Waals surface area contributed by atoms with Gasteiger partial charge in [0.15, 0.2) is 0 Å². The van der Waals surface area contributed by atoms with E-state index in [4.69, 9.17) is 0 Å². The number of thioether (sulfide) groups is 1. The van der Waals surface area contributed by atoms with Crippen molar-refractivity contribution in [1.82, 2.24) is 5.32 Å². The van der Waals surface area contributed by atoms with Crippen LogP contribution in [0.1, 0.15) is 26.7 Å². The Balaban J connectivity index is 2.43. The Labute approximate surface area is 107 Å². The average molecular weight is 253 g/mol. The molecule has 1 rings (SSSR count). The van der Waals surface area contributed by atoms with Gasteiger partial charge in [-0.2, -0.15) is 0 Å². The van der Waals surface area contributed by atoms with Crippen LogP contribution in [-0.2, 0) is 4.79 Å². The van der Waals surface area contributed by atoms with E-state index in [0.29, 0.717) is 0 Å². The Morgan fingerprint density at radius 2 is 2.29 bits per heavy atom. The molecule has 0 aliphatic rings. The molecule has 3 nitrogen and oxygen atoms in total. The fourth-order valence-corrected chi connectivity index (χ4v) is 2.29. The van der Waals surface area contributed by atoms with E-state index in [1.165, 1.54) is 11.8 Å². The van der Waals surface area contributed by atoms with Gasteiger partial charge in [-0.3, -0.25) is 4.79 Å². The summed E-state index contributed by atoms with van der Waals surface area (Å²) in [6.07, 6.45) is 2.09. The summed E-state index contributed by atoms with van der Waals surface area (Å²) >= 11 is 1.45. The molecule has 1 unspecified atom stereocenters. The van der Waals surface area contributed by atoms with Crippen molar-refractivity contribution in [2.75, 3.05) is 6.54 Å². The first-order valence-corrected chi connectivity index (χ1v) is 6.75. The van der Waals surface area contributed by atoms with Gasteiger partial charge in [0.05, 0.1) is 5.25 Å². The van der Waals surface area contributed by atoms with Crippen molar-refractivity contribution < 1.29 is 9.90 Å². The lowest BCUT2D eigenvalue weighted by molar-refractivity contribution is -0.120. The van der Waals surface area contributed by atoms with Crippen molar-refractivity contribution in [2.45, 2.75) is 36.8 Å². The van der Waals surface area contributed by atoms with Crippen LogP contribution in [0.5, 0.6) is 5.75 Å². The van der Waals surface area contributed by atoms with E-state index in [0.717, 1.165) is 24.3 Å². The van der Waals surface area contributed by atoms with Gasteiger partial charge in [-0.1, -0.05) is 19.4 Å². The normalized spacial score (nSPS) is 12.1. The average Bonchev–Trinajstić information content (AvgIpc) is 2.29. The number of phenolic OH excluding ortho intramolecular Hbond substituents is 1. The second-order valence-corrected chi connectivity index (χ2v) is 5.32. The Hall–Kier alpha value is -1.16. The molecule has 1 atom stereocenters. The number of hydrogen-bond acceptors (Lipinski definition) is 3. The monoisotopic (exact) mass is 253 g/mol. The number of unbranched alkanes of at least 4 members (excludes halogenated alkanes) is 1. The van der Waals surface area contributed by atoms with Crippen molar-refractivity contribution in [3.8, 4) is 5.75 Å². The number of rotatable bonds is 6. The number of hydrogen-bond donors (Lipinski definition) is 2. The van der Waals surface area contributed by atoms with Crippen LogP contribution in [0.2, 0.25) is 0 Å². The number of carbonyl (C=O) groups is 1. The molecule has 4 heteroatoms. The van der Waals surface area contributed by atoms with Crippen LogP contribution in [-0.4, -0.2) is 22.8 Å². The molecule has 2 N–H and O–H groups in total. The van der Waals surface area contributed by atoms with Crippen LogP contribution < -0.4 is 5.32 Å². The van der Waals surface area contributed by atoms with Crippen LogP contribution in [0, 0.1) is 0 Å². The van der Waals surface area contributed by atoms with Gasteiger partial charge in [0.25, 0.3) is 0 Å². The Morgan fingerprint density at radius 3 is 2.94 bits per heavy atom. The van der Waals surface area contributed by atoms with Crippen molar-refractivity contribution in [2.24, 2.45) is 0 Å². The summed E-state index contributed by atoms with van der Waals surface area (Å²) in [6, 6.07) is 6.95. The van der Waals surface area contributed by atoms with Crippen molar-refractivity contribution in [1.29, 1.82) is 0 Å². The predicted molar refractivity (Wildman–Crippen MR) is 71.3 cm³/mol. The van der Waals surface area contributed by atoms with Crippen LogP contribution in [0.25, 0.3) is 0 Å². The van der Waals surface area contributed by atoms with Gasteiger partial charge in [0.1, 0.15) is 5.75 Å². The maximum absolute atomic E-state index is 11.7. The summed E-state index contributed by atoms with van der Waals surface area (Å²) in [7, 11) is 0. The minimum absolute atomic E-state index is 0.0480. The maximum atomic E-state index is 11.7.